The third-order valence-corrected chi connectivity index (χ3v) is 4.39. The Morgan fingerprint density at radius 2 is 2.00 bits per heavy atom. The number of likely N-dealkylation sites (tertiary alicyclic amines) is 1. The molecule has 1 aliphatic heterocycles. The zero-order valence-electron chi connectivity index (χ0n) is 11.8. The van der Waals surface area contributed by atoms with Crippen LogP contribution in [0.1, 0.15) is 39.0 Å². The maximum Gasteiger partial charge on any atom is 0.326 e. The van der Waals surface area contributed by atoms with E-state index in [1.165, 1.54) is 6.42 Å². The van der Waals surface area contributed by atoms with Gasteiger partial charge in [0.15, 0.2) is 0 Å². The fourth-order valence-electron chi connectivity index (χ4n) is 2.90. The van der Waals surface area contributed by atoms with Gasteiger partial charge in [-0.15, -0.1) is 0 Å². The Morgan fingerprint density at radius 3 is 2.58 bits per heavy atom. The lowest BCUT2D eigenvalue weighted by molar-refractivity contribution is -0.142. The number of rotatable bonds is 3. The molecular weight excluding hydrogens is 244 g/mol. The SMILES string of the molecule is CC1CC1CN(C)C(=O)N1CCCCCC1C(=O)O. The minimum Gasteiger partial charge on any atom is -0.480 e. The quantitative estimate of drug-likeness (QED) is 0.852. The van der Waals surface area contributed by atoms with E-state index >= 15 is 0 Å². The molecule has 2 rings (SSSR count). The molecule has 0 radical (unpaired) electrons. The number of carboxylic acids is 1. The Labute approximate surface area is 114 Å². The highest BCUT2D eigenvalue weighted by atomic mass is 16.4. The van der Waals surface area contributed by atoms with Gasteiger partial charge in [0, 0.05) is 20.1 Å². The van der Waals surface area contributed by atoms with E-state index in [-0.39, 0.29) is 6.03 Å². The van der Waals surface area contributed by atoms with E-state index in [2.05, 4.69) is 6.92 Å². The van der Waals surface area contributed by atoms with Gasteiger partial charge in [-0.2, -0.15) is 0 Å². The number of nitrogens with zero attached hydrogens (tertiary/aromatic N) is 2. The molecule has 1 heterocycles. The van der Waals surface area contributed by atoms with Crippen LogP contribution in [0.3, 0.4) is 0 Å². The lowest BCUT2D eigenvalue weighted by atomic mass is 10.1. The van der Waals surface area contributed by atoms with Crippen molar-refractivity contribution in [1.29, 1.82) is 0 Å². The van der Waals surface area contributed by atoms with Gasteiger partial charge in [0.1, 0.15) is 6.04 Å². The van der Waals surface area contributed by atoms with E-state index in [1.807, 2.05) is 0 Å². The number of carbonyl (C=O) groups excluding carboxylic acids is 1. The van der Waals surface area contributed by atoms with Gasteiger partial charge in [0.25, 0.3) is 0 Å². The molecular formula is C14H24N2O3. The summed E-state index contributed by atoms with van der Waals surface area (Å²) in [6, 6.07) is -0.762. The van der Waals surface area contributed by atoms with E-state index in [0.29, 0.717) is 24.8 Å². The molecule has 108 valence electrons. The van der Waals surface area contributed by atoms with Gasteiger partial charge in [-0.25, -0.2) is 9.59 Å². The maximum atomic E-state index is 12.4. The highest BCUT2D eigenvalue weighted by Gasteiger charge is 2.37. The molecule has 5 heteroatoms. The lowest BCUT2D eigenvalue weighted by Gasteiger charge is -2.31. The Bertz CT molecular complexity index is 359. The van der Waals surface area contributed by atoms with Gasteiger partial charge in [-0.3, -0.25) is 0 Å². The number of carboxylic acid groups (broad SMARTS) is 1. The average molecular weight is 268 g/mol. The van der Waals surface area contributed by atoms with Crippen molar-refractivity contribution in [2.75, 3.05) is 20.1 Å². The number of hydrogen-bond acceptors (Lipinski definition) is 2. The molecule has 0 aromatic rings. The topological polar surface area (TPSA) is 60.9 Å². The molecule has 5 nitrogen and oxygen atoms in total. The van der Waals surface area contributed by atoms with Crippen molar-refractivity contribution < 1.29 is 14.7 Å². The van der Waals surface area contributed by atoms with E-state index in [0.717, 1.165) is 25.8 Å². The summed E-state index contributed by atoms with van der Waals surface area (Å²) in [5.74, 6) is 0.433. The van der Waals surface area contributed by atoms with Crippen molar-refractivity contribution in [2.24, 2.45) is 11.8 Å². The van der Waals surface area contributed by atoms with Gasteiger partial charge in [0.05, 0.1) is 0 Å². The number of hydrogen-bond donors (Lipinski definition) is 1. The van der Waals surface area contributed by atoms with Crippen LogP contribution in [-0.2, 0) is 4.79 Å². The molecule has 2 aliphatic rings. The van der Waals surface area contributed by atoms with Crippen LogP contribution in [0, 0.1) is 11.8 Å². The molecule has 19 heavy (non-hydrogen) atoms. The van der Waals surface area contributed by atoms with Crippen LogP contribution in [0.25, 0.3) is 0 Å². The summed E-state index contributed by atoms with van der Waals surface area (Å²) in [4.78, 5) is 27.0. The smallest absolute Gasteiger partial charge is 0.326 e. The monoisotopic (exact) mass is 268 g/mol. The van der Waals surface area contributed by atoms with Crippen LogP contribution in [0.4, 0.5) is 4.79 Å². The first-order valence-corrected chi connectivity index (χ1v) is 7.25. The second kappa shape index (κ2) is 5.80. The predicted molar refractivity (Wildman–Crippen MR) is 71.9 cm³/mol. The first-order valence-electron chi connectivity index (χ1n) is 7.25. The highest BCUT2D eigenvalue weighted by Crippen LogP contribution is 2.38. The number of amides is 2. The first-order chi connectivity index (χ1) is 9.00. The van der Waals surface area contributed by atoms with Crippen LogP contribution in [-0.4, -0.2) is 53.1 Å². The molecule has 1 aliphatic carbocycles. The Morgan fingerprint density at radius 1 is 1.32 bits per heavy atom. The minimum absolute atomic E-state index is 0.117. The first kappa shape index (κ1) is 14.2. The molecule has 0 spiro atoms. The number of urea groups is 1. The molecule has 2 amide bonds. The third kappa shape index (κ3) is 3.39. The van der Waals surface area contributed by atoms with Crippen LogP contribution in [0.15, 0.2) is 0 Å². The fourth-order valence-corrected chi connectivity index (χ4v) is 2.90. The van der Waals surface area contributed by atoms with E-state index in [9.17, 15) is 14.7 Å². The molecule has 1 saturated heterocycles. The van der Waals surface area contributed by atoms with Crippen LogP contribution >= 0.6 is 0 Å². The molecule has 1 N–H and O–H groups in total. The van der Waals surface area contributed by atoms with Crippen LogP contribution in [0.5, 0.6) is 0 Å². The second-order valence-electron chi connectivity index (χ2n) is 6.03. The van der Waals surface area contributed by atoms with Gasteiger partial charge < -0.3 is 14.9 Å². The van der Waals surface area contributed by atoms with Crippen LogP contribution < -0.4 is 0 Å². The summed E-state index contributed by atoms with van der Waals surface area (Å²) < 4.78 is 0. The zero-order valence-corrected chi connectivity index (χ0v) is 11.8. The zero-order chi connectivity index (χ0) is 14.0. The molecule has 3 unspecified atom stereocenters. The molecule has 1 saturated carbocycles. The van der Waals surface area contributed by atoms with Gasteiger partial charge in [-0.1, -0.05) is 19.8 Å². The molecule has 0 aromatic heterocycles. The van der Waals surface area contributed by atoms with Gasteiger partial charge in [0.2, 0.25) is 0 Å². The number of aliphatic carboxylic acids is 1. The van der Waals surface area contributed by atoms with Crippen molar-refractivity contribution in [1.82, 2.24) is 9.80 Å². The summed E-state index contributed by atoms with van der Waals surface area (Å²) >= 11 is 0. The van der Waals surface area contributed by atoms with E-state index in [1.54, 1.807) is 16.8 Å². The molecule has 0 bridgehead atoms. The normalized spacial score (nSPS) is 30.6. The minimum atomic E-state index is -0.872. The average Bonchev–Trinajstić information content (AvgIpc) is 3.09. The Balaban J connectivity index is 1.98. The van der Waals surface area contributed by atoms with Crippen molar-refractivity contribution in [3.05, 3.63) is 0 Å². The van der Waals surface area contributed by atoms with Crippen molar-refractivity contribution in [3.8, 4) is 0 Å². The second-order valence-corrected chi connectivity index (χ2v) is 6.03. The van der Waals surface area contributed by atoms with Crippen molar-refractivity contribution in [2.45, 2.75) is 45.1 Å². The number of carbonyl (C=O) groups is 2. The molecule has 3 atom stereocenters. The largest absolute Gasteiger partial charge is 0.480 e. The summed E-state index contributed by atoms with van der Waals surface area (Å²) in [6.07, 6.45) is 4.57. The van der Waals surface area contributed by atoms with Gasteiger partial charge in [-0.05, 0) is 31.1 Å². The van der Waals surface area contributed by atoms with E-state index < -0.39 is 12.0 Å². The summed E-state index contributed by atoms with van der Waals surface area (Å²) in [5.41, 5.74) is 0. The Kier molecular flexibility index (Phi) is 4.32. The molecule has 0 aromatic carbocycles. The maximum absolute atomic E-state index is 12.4. The highest BCUT2D eigenvalue weighted by molar-refractivity contribution is 5.82. The van der Waals surface area contributed by atoms with Crippen molar-refractivity contribution >= 4 is 12.0 Å². The van der Waals surface area contributed by atoms with E-state index in [4.69, 9.17) is 0 Å². The summed E-state index contributed by atoms with van der Waals surface area (Å²) in [7, 11) is 1.79. The predicted octanol–water partition coefficient (Wildman–Crippen LogP) is 2.02. The standard InChI is InChI=1S/C14H24N2O3/c1-10-8-11(10)9-15(2)14(19)16-7-5-3-4-6-12(16)13(17)18/h10-12H,3-9H2,1-2H3,(H,17,18). The van der Waals surface area contributed by atoms with Crippen molar-refractivity contribution in [3.63, 3.8) is 0 Å². The fraction of sp³-hybridized carbons (Fsp3) is 0.857. The summed E-state index contributed by atoms with van der Waals surface area (Å²) in [6.45, 7) is 3.51. The van der Waals surface area contributed by atoms with Gasteiger partial charge >= 0.3 is 12.0 Å². The molecule has 2 fully saturated rings. The summed E-state index contributed by atoms with van der Waals surface area (Å²) in [5, 5.41) is 9.29. The lowest BCUT2D eigenvalue weighted by Crippen LogP contribution is -2.50. The Hall–Kier alpha value is -1.26. The van der Waals surface area contributed by atoms with Crippen LogP contribution in [0.2, 0.25) is 0 Å². The third-order valence-electron chi connectivity index (χ3n) is 4.39.